The van der Waals surface area contributed by atoms with Gasteiger partial charge >= 0.3 is 12.0 Å². The molecule has 2 amide bonds. The first-order valence-corrected chi connectivity index (χ1v) is 17.7. The molecule has 45 heavy (non-hydrogen) atoms. The van der Waals surface area contributed by atoms with Crippen molar-refractivity contribution in [2.45, 2.75) is 167 Å². The molecule has 0 spiro atoms. The summed E-state index contributed by atoms with van der Waals surface area (Å²) < 4.78 is 12.0. The van der Waals surface area contributed by atoms with Crippen LogP contribution in [0.2, 0.25) is 0 Å². The maximum absolute atomic E-state index is 14.1. The van der Waals surface area contributed by atoms with E-state index >= 15 is 0 Å². The molecule has 4 rings (SSSR count). The summed E-state index contributed by atoms with van der Waals surface area (Å²) in [6, 6.07) is 1.42. The molecule has 2 saturated carbocycles. The Bertz CT molecular complexity index is 1140. The highest BCUT2D eigenvalue weighted by Crippen LogP contribution is 2.42. The Labute approximate surface area is 270 Å². The van der Waals surface area contributed by atoms with Gasteiger partial charge in [-0.3, -0.25) is 9.59 Å². The first-order chi connectivity index (χ1) is 21.4. The van der Waals surface area contributed by atoms with Crippen LogP contribution in [0.25, 0.3) is 0 Å². The fourth-order valence-electron chi connectivity index (χ4n) is 7.75. The molecule has 9 heteroatoms. The van der Waals surface area contributed by atoms with Gasteiger partial charge < -0.3 is 30.2 Å². The second kappa shape index (κ2) is 15.5. The molecule has 9 nitrogen and oxygen atoms in total. The zero-order valence-electron chi connectivity index (χ0n) is 28.5. The van der Waals surface area contributed by atoms with Gasteiger partial charge in [0.05, 0.1) is 13.0 Å². The fraction of sp³-hybridized carbons (Fsp3) is 0.806. The molecular weight excluding hydrogens is 570 g/mol. The number of carbonyl (C=O) groups excluding carboxylic acids is 2. The predicted molar refractivity (Wildman–Crippen MR) is 175 cm³/mol. The van der Waals surface area contributed by atoms with Crippen LogP contribution in [0.3, 0.4) is 0 Å². The Kier molecular flexibility index (Phi) is 12.2. The van der Waals surface area contributed by atoms with E-state index in [0.717, 1.165) is 64.2 Å². The van der Waals surface area contributed by atoms with Crippen molar-refractivity contribution in [1.29, 1.82) is 0 Å². The van der Waals surface area contributed by atoms with Crippen molar-refractivity contribution in [2.24, 2.45) is 11.3 Å². The fourth-order valence-corrected chi connectivity index (χ4v) is 7.75. The van der Waals surface area contributed by atoms with Gasteiger partial charge in [-0.1, -0.05) is 78.6 Å². The summed E-state index contributed by atoms with van der Waals surface area (Å²) in [4.78, 5) is 43.3. The molecule has 0 aromatic carbocycles. The van der Waals surface area contributed by atoms with Crippen molar-refractivity contribution in [3.8, 4) is 0 Å². The number of carboxylic acid groups (broad SMARTS) is 1. The number of hydrogen-bond acceptors (Lipinski definition) is 5. The van der Waals surface area contributed by atoms with Crippen LogP contribution in [-0.2, 0) is 14.3 Å². The highest BCUT2D eigenvalue weighted by Gasteiger charge is 2.47. The minimum absolute atomic E-state index is 0.126. The molecule has 0 bridgehead atoms. The lowest BCUT2D eigenvalue weighted by Crippen LogP contribution is -2.58. The molecule has 1 aromatic heterocycles. The molecule has 4 N–H and O–H groups in total. The number of aromatic nitrogens is 1. The minimum atomic E-state index is -0.920. The average molecular weight is 630 g/mol. The molecular formula is C36H59N3O6. The van der Waals surface area contributed by atoms with Crippen LogP contribution in [0.15, 0.2) is 12.3 Å². The van der Waals surface area contributed by atoms with Crippen molar-refractivity contribution in [3.05, 3.63) is 23.5 Å². The van der Waals surface area contributed by atoms with E-state index in [1.807, 2.05) is 27.7 Å². The van der Waals surface area contributed by atoms with E-state index in [1.54, 1.807) is 12.3 Å². The van der Waals surface area contributed by atoms with Gasteiger partial charge in [0.1, 0.15) is 6.10 Å². The standard InChI is InChI=1S/C36H59N3O6/c1-6-7-8-9-10-14-19-36(20-15-21-36)39-33(43)38-28-17-13-11-12-16-25(28)27(23-29(40)41)30-26(18-22-37-30)31(42)32-34(2,3)24-44-35(4,5)45-32/h18,22,25,27-28,32,37H,6-17,19-21,23-24H2,1-5H3,(H,40,41)(H2,38,39,43). The molecule has 3 aliphatic rings. The summed E-state index contributed by atoms with van der Waals surface area (Å²) in [5, 5.41) is 16.8. The number of nitrogens with one attached hydrogen (secondary N) is 3. The number of urea groups is 1. The van der Waals surface area contributed by atoms with Gasteiger partial charge in [0.25, 0.3) is 0 Å². The van der Waals surface area contributed by atoms with E-state index in [-0.39, 0.29) is 35.7 Å². The molecule has 2 heterocycles. The normalized spacial score (nSPS) is 26.2. The lowest BCUT2D eigenvalue weighted by Gasteiger charge is -2.45. The zero-order valence-corrected chi connectivity index (χ0v) is 28.5. The molecule has 1 aromatic rings. The summed E-state index contributed by atoms with van der Waals surface area (Å²) in [6.45, 7) is 10.1. The monoisotopic (exact) mass is 629 g/mol. The van der Waals surface area contributed by atoms with E-state index in [0.29, 0.717) is 17.9 Å². The quantitative estimate of drug-likeness (QED) is 0.0888. The highest BCUT2D eigenvalue weighted by molar-refractivity contribution is 6.01. The van der Waals surface area contributed by atoms with Crippen LogP contribution in [0, 0.1) is 11.3 Å². The number of aromatic amines is 1. The summed E-state index contributed by atoms with van der Waals surface area (Å²) in [7, 11) is 0. The Morgan fingerprint density at radius 3 is 2.40 bits per heavy atom. The van der Waals surface area contributed by atoms with Gasteiger partial charge in [0, 0.05) is 40.4 Å². The Morgan fingerprint density at radius 1 is 1.00 bits per heavy atom. The first kappa shape index (κ1) is 35.5. The van der Waals surface area contributed by atoms with Crippen molar-refractivity contribution in [2.75, 3.05) is 6.61 Å². The van der Waals surface area contributed by atoms with E-state index < -0.39 is 29.2 Å². The zero-order chi connectivity index (χ0) is 32.7. The number of ketones is 1. The average Bonchev–Trinajstić information content (AvgIpc) is 3.33. The van der Waals surface area contributed by atoms with Gasteiger partial charge in [0.15, 0.2) is 11.6 Å². The van der Waals surface area contributed by atoms with Gasteiger partial charge in [-0.25, -0.2) is 4.79 Å². The lowest BCUT2D eigenvalue weighted by atomic mass is 9.73. The maximum atomic E-state index is 14.1. The number of carboxylic acids is 1. The summed E-state index contributed by atoms with van der Waals surface area (Å²) in [5.41, 5.74) is 0.417. The molecule has 3 fully saturated rings. The number of carbonyl (C=O) groups is 3. The predicted octanol–water partition coefficient (Wildman–Crippen LogP) is 7.85. The van der Waals surface area contributed by atoms with Crippen LogP contribution in [0.1, 0.15) is 159 Å². The van der Waals surface area contributed by atoms with Crippen molar-refractivity contribution < 1.29 is 29.0 Å². The number of rotatable bonds is 15. The lowest BCUT2D eigenvalue weighted by molar-refractivity contribution is -0.298. The molecule has 4 atom stereocenters. The molecule has 254 valence electrons. The molecule has 4 unspecified atom stereocenters. The molecule has 0 radical (unpaired) electrons. The summed E-state index contributed by atoms with van der Waals surface area (Å²) >= 11 is 0. The summed E-state index contributed by atoms with van der Waals surface area (Å²) in [5.74, 6) is -2.58. The number of ether oxygens (including phenoxy) is 2. The number of hydrogen-bond donors (Lipinski definition) is 4. The largest absolute Gasteiger partial charge is 0.481 e. The number of H-pyrrole nitrogens is 1. The van der Waals surface area contributed by atoms with Crippen LogP contribution < -0.4 is 10.6 Å². The molecule has 1 saturated heterocycles. The third-order valence-corrected chi connectivity index (χ3v) is 10.6. The molecule has 1 aliphatic heterocycles. The minimum Gasteiger partial charge on any atom is -0.481 e. The van der Waals surface area contributed by atoms with Gasteiger partial charge in [0.2, 0.25) is 0 Å². The van der Waals surface area contributed by atoms with Crippen LogP contribution in [0.4, 0.5) is 4.79 Å². The number of unbranched alkanes of at least 4 members (excludes halogenated alkanes) is 5. The van der Waals surface area contributed by atoms with Gasteiger partial charge in [-0.2, -0.15) is 0 Å². The van der Waals surface area contributed by atoms with E-state index in [1.165, 1.54) is 32.1 Å². The first-order valence-electron chi connectivity index (χ1n) is 17.7. The van der Waals surface area contributed by atoms with Gasteiger partial charge in [-0.05, 0) is 64.4 Å². The topological polar surface area (TPSA) is 130 Å². The SMILES string of the molecule is CCCCCCCCC1(NC(=O)NC2CCCCCC2C(CC(=O)O)c2[nH]ccc2C(=O)C2OC(C)(C)OCC2(C)C)CCC1. The van der Waals surface area contributed by atoms with Crippen molar-refractivity contribution >= 4 is 17.8 Å². The Hall–Kier alpha value is -2.39. The van der Waals surface area contributed by atoms with Crippen molar-refractivity contribution in [1.82, 2.24) is 15.6 Å². The van der Waals surface area contributed by atoms with E-state index in [4.69, 9.17) is 9.47 Å². The number of aliphatic carboxylic acids is 1. The third-order valence-electron chi connectivity index (χ3n) is 10.6. The van der Waals surface area contributed by atoms with E-state index in [9.17, 15) is 19.5 Å². The smallest absolute Gasteiger partial charge is 0.315 e. The number of Topliss-reactive ketones (excluding diaryl/α,β-unsaturated/α-hetero) is 1. The van der Waals surface area contributed by atoms with Crippen LogP contribution >= 0.6 is 0 Å². The second-order valence-corrected chi connectivity index (χ2v) is 15.2. The summed E-state index contributed by atoms with van der Waals surface area (Å²) in [6.07, 6.45) is 17.0. The number of amides is 2. The van der Waals surface area contributed by atoms with Crippen molar-refractivity contribution in [3.63, 3.8) is 0 Å². The second-order valence-electron chi connectivity index (χ2n) is 15.2. The van der Waals surface area contributed by atoms with Crippen LogP contribution in [0.5, 0.6) is 0 Å². The maximum Gasteiger partial charge on any atom is 0.315 e. The Morgan fingerprint density at radius 2 is 1.71 bits per heavy atom. The van der Waals surface area contributed by atoms with Gasteiger partial charge in [-0.15, -0.1) is 0 Å². The molecule has 2 aliphatic carbocycles. The highest BCUT2D eigenvalue weighted by atomic mass is 16.7. The Balaban J connectivity index is 1.51. The third kappa shape index (κ3) is 9.34. The van der Waals surface area contributed by atoms with Crippen LogP contribution in [-0.4, -0.2) is 58.0 Å². The van der Waals surface area contributed by atoms with E-state index in [2.05, 4.69) is 22.5 Å².